The molecule has 2 heterocycles. The monoisotopic (exact) mass is 308 g/mol. The number of halogens is 1. The van der Waals surface area contributed by atoms with Crippen LogP contribution in [0.5, 0.6) is 0 Å². The Balaban J connectivity index is 1.63. The largest absolute Gasteiger partial charge is 0.480 e. The Kier molecular flexibility index (Phi) is 4.68. The molecule has 0 aliphatic carbocycles. The van der Waals surface area contributed by atoms with Crippen LogP contribution in [0.4, 0.5) is 4.39 Å². The smallest absolute Gasteiger partial charge is 0.322 e. The molecular formula is C15H21FN4O2. The summed E-state index contributed by atoms with van der Waals surface area (Å²) in [5, 5.41) is 12.1. The zero-order valence-electron chi connectivity index (χ0n) is 12.3. The van der Waals surface area contributed by atoms with E-state index in [1.54, 1.807) is 12.1 Å². The van der Waals surface area contributed by atoms with Crippen LogP contribution in [0.2, 0.25) is 0 Å². The summed E-state index contributed by atoms with van der Waals surface area (Å²) < 4.78 is 13.1. The van der Waals surface area contributed by atoms with Crippen molar-refractivity contribution in [3.8, 4) is 0 Å². The first kappa shape index (κ1) is 15.4. The lowest BCUT2D eigenvalue weighted by Crippen LogP contribution is -2.55. The van der Waals surface area contributed by atoms with E-state index >= 15 is 0 Å². The zero-order valence-corrected chi connectivity index (χ0v) is 12.3. The van der Waals surface area contributed by atoms with E-state index in [0.717, 1.165) is 25.2 Å². The molecule has 0 aromatic heterocycles. The van der Waals surface area contributed by atoms with Crippen molar-refractivity contribution in [3.63, 3.8) is 0 Å². The Hall–Kier alpha value is -1.54. The predicted octanol–water partition coefficient (Wildman–Crippen LogP) is -0.0508. The lowest BCUT2D eigenvalue weighted by Gasteiger charge is -2.34. The molecule has 2 saturated heterocycles. The lowest BCUT2D eigenvalue weighted by atomic mass is 9.94. The van der Waals surface area contributed by atoms with Crippen molar-refractivity contribution >= 4 is 5.97 Å². The molecule has 0 saturated carbocycles. The second-order valence-electron chi connectivity index (χ2n) is 5.92. The van der Waals surface area contributed by atoms with E-state index in [9.17, 15) is 9.18 Å². The van der Waals surface area contributed by atoms with Crippen molar-refractivity contribution < 1.29 is 14.3 Å². The Bertz CT molecular complexity index is 525. The normalized spacial score (nSPS) is 29.6. The van der Waals surface area contributed by atoms with Crippen molar-refractivity contribution in [2.45, 2.75) is 12.1 Å². The predicted molar refractivity (Wildman–Crippen MR) is 79.6 cm³/mol. The molecule has 1 aromatic carbocycles. The molecular weight excluding hydrogens is 287 g/mol. The first-order valence-electron chi connectivity index (χ1n) is 7.56. The molecule has 7 heteroatoms. The highest BCUT2D eigenvalue weighted by molar-refractivity contribution is 5.73. The van der Waals surface area contributed by atoms with Crippen LogP contribution in [0, 0.1) is 11.7 Å². The van der Waals surface area contributed by atoms with Gasteiger partial charge in [0.2, 0.25) is 0 Å². The zero-order chi connectivity index (χ0) is 15.5. The number of aliphatic carboxylic acids is 1. The number of carboxylic acid groups (broad SMARTS) is 1. The minimum absolute atomic E-state index is 0.110. The lowest BCUT2D eigenvalue weighted by molar-refractivity contribution is -0.140. The molecule has 0 bridgehead atoms. The molecule has 4 N–H and O–H groups in total. The summed E-state index contributed by atoms with van der Waals surface area (Å²) in [5.74, 6) is -0.724. The number of hydrazine groups is 1. The van der Waals surface area contributed by atoms with Crippen LogP contribution in [0.3, 0.4) is 0 Å². The second-order valence-corrected chi connectivity index (χ2v) is 5.92. The second kappa shape index (κ2) is 6.70. The van der Waals surface area contributed by atoms with Gasteiger partial charge in [-0.2, -0.15) is 0 Å². The number of piperazine rings is 1. The first-order chi connectivity index (χ1) is 10.6. The molecule has 3 atom stereocenters. The summed E-state index contributed by atoms with van der Waals surface area (Å²) in [6.45, 7) is 3.67. The maximum absolute atomic E-state index is 13.1. The summed E-state index contributed by atoms with van der Waals surface area (Å²) in [6, 6.07) is 6.14. The number of carbonyl (C=O) groups is 1. The van der Waals surface area contributed by atoms with Crippen LogP contribution in [0.15, 0.2) is 24.3 Å². The molecule has 6 nitrogen and oxygen atoms in total. The molecule has 2 aliphatic heterocycles. The van der Waals surface area contributed by atoms with E-state index in [0.29, 0.717) is 19.0 Å². The number of nitrogens with zero attached hydrogens (tertiary/aromatic N) is 1. The fraction of sp³-hybridized carbons (Fsp3) is 0.533. The highest BCUT2D eigenvalue weighted by atomic mass is 19.1. The minimum Gasteiger partial charge on any atom is -0.480 e. The number of carboxylic acids is 1. The molecule has 2 fully saturated rings. The van der Waals surface area contributed by atoms with Crippen molar-refractivity contribution in [2.24, 2.45) is 5.92 Å². The van der Waals surface area contributed by atoms with Gasteiger partial charge >= 0.3 is 5.97 Å². The Labute approximate surface area is 128 Å². The van der Waals surface area contributed by atoms with Crippen LogP contribution in [0.1, 0.15) is 11.6 Å². The van der Waals surface area contributed by atoms with Gasteiger partial charge in [0, 0.05) is 38.6 Å². The topological polar surface area (TPSA) is 76.6 Å². The minimum atomic E-state index is -0.803. The summed E-state index contributed by atoms with van der Waals surface area (Å²) in [7, 11) is 0. The molecule has 1 aromatic rings. The molecule has 120 valence electrons. The van der Waals surface area contributed by atoms with Crippen LogP contribution in [-0.4, -0.2) is 54.7 Å². The average molecular weight is 308 g/mol. The van der Waals surface area contributed by atoms with Crippen LogP contribution < -0.4 is 16.2 Å². The van der Waals surface area contributed by atoms with Gasteiger partial charge in [-0.05, 0) is 17.7 Å². The van der Waals surface area contributed by atoms with Gasteiger partial charge in [-0.3, -0.25) is 15.1 Å². The van der Waals surface area contributed by atoms with Gasteiger partial charge in [0.15, 0.2) is 0 Å². The molecule has 22 heavy (non-hydrogen) atoms. The third-order valence-corrected chi connectivity index (χ3v) is 4.37. The maximum Gasteiger partial charge on any atom is 0.322 e. The Morgan fingerprint density at radius 2 is 2.14 bits per heavy atom. The van der Waals surface area contributed by atoms with E-state index < -0.39 is 12.0 Å². The van der Waals surface area contributed by atoms with Gasteiger partial charge < -0.3 is 10.4 Å². The van der Waals surface area contributed by atoms with E-state index in [-0.39, 0.29) is 11.9 Å². The Morgan fingerprint density at radius 3 is 2.86 bits per heavy atom. The number of hydrogen-bond acceptors (Lipinski definition) is 5. The van der Waals surface area contributed by atoms with Crippen LogP contribution in [-0.2, 0) is 4.79 Å². The van der Waals surface area contributed by atoms with Crippen molar-refractivity contribution in [1.29, 1.82) is 0 Å². The standard InChI is InChI=1S/C15H21FN4O2/c16-12-3-1-10(2-4-12)14-11(7-18-19-14)8-20-6-5-17-13(9-20)15(21)22/h1-4,11,13-14,17-19H,5-9H2,(H,21,22). The number of nitrogens with one attached hydrogen (secondary N) is 3. The fourth-order valence-corrected chi connectivity index (χ4v) is 3.21. The first-order valence-corrected chi connectivity index (χ1v) is 7.56. The van der Waals surface area contributed by atoms with Gasteiger partial charge in [-0.15, -0.1) is 0 Å². The molecule has 0 radical (unpaired) electrons. The van der Waals surface area contributed by atoms with Crippen LogP contribution in [0.25, 0.3) is 0 Å². The number of benzene rings is 1. The number of rotatable bonds is 4. The van der Waals surface area contributed by atoms with Gasteiger partial charge in [0.25, 0.3) is 0 Å². The fourth-order valence-electron chi connectivity index (χ4n) is 3.21. The van der Waals surface area contributed by atoms with Gasteiger partial charge in [-0.1, -0.05) is 12.1 Å². The summed E-state index contributed by atoms with van der Waals surface area (Å²) in [5.41, 5.74) is 7.43. The quantitative estimate of drug-likeness (QED) is 0.625. The average Bonchev–Trinajstić information content (AvgIpc) is 2.96. The van der Waals surface area contributed by atoms with Gasteiger partial charge in [0.1, 0.15) is 11.9 Å². The summed E-state index contributed by atoms with van der Waals surface area (Å²) >= 11 is 0. The molecule has 0 spiro atoms. The van der Waals surface area contributed by atoms with Crippen molar-refractivity contribution in [1.82, 2.24) is 21.1 Å². The molecule has 2 aliphatic rings. The van der Waals surface area contributed by atoms with E-state index in [4.69, 9.17) is 5.11 Å². The van der Waals surface area contributed by atoms with Crippen molar-refractivity contribution in [3.05, 3.63) is 35.6 Å². The molecule has 3 unspecified atom stereocenters. The highest BCUT2D eigenvalue weighted by Crippen LogP contribution is 2.26. The number of hydrogen-bond donors (Lipinski definition) is 4. The van der Waals surface area contributed by atoms with Gasteiger partial charge in [0.05, 0.1) is 6.04 Å². The van der Waals surface area contributed by atoms with Crippen LogP contribution >= 0.6 is 0 Å². The molecule has 0 amide bonds. The SMILES string of the molecule is O=C(O)C1CN(CC2CNNC2c2ccc(F)cc2)CCN1. The molecule has 3 rings (SSSR count). The maximum atomic E-state index is 13.1. The van der Waals surface area contributed by atoms with E-state index in [2.05, 4.69) is 21.1 Å². The Morgan fingerprint density at radius 1 is 1.36 bits per heavy atom. The highest BCUT2D eigenvalue weighted by Gasteiger charge is 2.32. The summed E-state index contributed by atoms with van der Waals surface area (Å²) in [4.78, 5) is 13.3. The third-order valence-electron chi connectivity index (χ3n) is 4.37. The summed E-state index contributed by atoms with van der Waals surface area (Å²) in [6.07, 6.45) is 0. The van der Waals surface area contributed by atoms with E-state index in [1.165, 1.54) is 12.1 Å². The van der Waals surface area contributed by atoms with E-state index in [1.807, 2.05) is 0 Å². The van der Waals surface area contributed by atoms with Gasteiger partial charge in [-0.25, -0.2) is 9.82 Å². The van der Waals surface area contributed by atoms with Crippen molar-refractivity contribution in [2.75, 3.05) is 32.7 Å². The third kappa shape index (κ3) is 3.44.